The molecule has 1 saturated heterocycles. The zero-order chi connectivity index (χ0) is 14.1. The number of benzene rings is 1. The number of pyridine rings is 1. The summed E-state index contributed by atoms with van der Waals surface area (Å²) >= 11 is 0. The van der Waals surface area contributed by atoms with Gasteiger partial charge in [0.05, 0.1) is 11.1 Å². The second-order valence-corrected chi connectivity index (χ2v) is 5.43. The van der Waals surface area contributed by atoms with E-state index in [1.807, 2.05) is 42.2 Å². The SMILES string of the molecule is Cc1cc(C(=O)N2CCNC(C)C2)c2ccccc2n1. The van der Waals surface area contributed by atoms with Crippen LogP contribution in [0.1, 0.15) is 23.0 Å². The molecule has 3 rings (SSSR count). The Labute approximate surface area is 118 Å². The third kappa shape index (κ3) is 2.39. The lowest BCUT2D eigenvalue weighted by Crippen LogP contribution is -2.51. The normalized spacial score (nSPS) is 19.3. The Morgan fingerprint density at radius 1 is 1.40 bits per heavy atom. The van der Waals surface area contributed by atoms with Gasteiger partial charge in [-0.1, -0.05) is 18.2 Å². The predicted octanol–water partition coefficient (Wildman–Crippen LogP) is 1.98. The largest absolute Gasteiger partial charge is 0.336 e. The first-order valence-electron chi connectivity index (χ1n) is 7.04. The third-order valence-corrected chi connectivity index (χ3v) is 3.73. The van der Waals surface area contributed by atoms with Crippen LogP contribution in [-0.4, -0.2) is 41.5 Å². The standard InChI is InChI=1S/C16H19N3O/c1-11-9-14(13-5-3-4-6-15(13)18-11)16(20)19-8-7-17-12(2)10-19/h3-6,9,12,17H,7-8,10H2,1-2H3. The van der Waals surface area contributed by atoms with Crippen LogP contribution < -0.4 is 5.32 Å². The van der Waals surface area contributed by atoms with Gasteiger partial charge in [-0.2, -0.15) is 0 Å². The first-order valence-corrected chi connectivity index (χ1v) is 7.04. The number of fused-ring (bicyclic) bond motifs is 1. The molecular weight excluding hydrogens is 250 g/mol. The minimum atomic E-state index is 0.111. The maximum absolute atomic E-state index is 12.8. The minimum Gasteiger partial charge on any atom is -0.336 e. The lowest BCUT2D eigenvalue weighted by molar-refractivity contribution is 0.0711. The van der Waals surface area contributed by atoms with Crippen LogP contribution in [0.2, 0.25) is 0 Å². The maximum Gasteiger partial charge on any atom is 0.254 e. The molecule has 4 heteroatoms. The van der Waals surface area contributed by atoms with Crippen LogP contribution in [0, 0.1) is 6.92 Å². The smallest absolute Gasteiger partial charge is 0.254 e. The van der Waals surface area contributed by atoms with Crippen LogP contribution in [0.15, 0.2) is 30.3 Å². The van der Waals surface area contributed by atoms with E-state index in [1.165, 1.54) is 0 Å². The summed E-state index contributed by atoms with van der Waals surface area (Å²) in [6, 6.07) is 10.1. The summed E-state index contributed by atoms with van der Waals surface area (Å²) in [6.07, 6.45) is 0. The Morgan fingerprint density at radius 3 is 3.00 bits per heavy atom. The molecule has 0 bridgehead atoms. The van der Waals surface area contributed by atoms with Gasteiger partial charge in [0, 0.05) is 36.8 Å². The average molecular weight is 269 g/mol. The predicted molar refractivity (Wildman–Crippen MR) is 79.8 cm³/mol. The molecule has 1 atom stereocenters. The van der Waals surface area contributed by atoms with Crippen molar-refractivity contribution in [3.8, 4) is 0 Å². The van der Waals surface area contributed by atoms with Gasteiger partial charge in [-0.3, -0.25) is 9.78 Å². The summed E-state index contributed by atoms with van der Waals surface area (Å²) < 4.78 is 0. The number of hydrogen-bond donors (Lipinski definition) is 1. The molecule has 4 nitrogen and oxygen atoms in total. The van der Waals surface area contributed by atoms with Gasteiger partial charge in [-0.25, -0.2) is 0 Å². The monoisotopic (exact) mass is 269 g/mol. The van der Waals surface area contributed by atoms with E-state index in [2.05, 4.69) is 17.2 Å². The number of piperazine rings is 1. The highest BCUT2D eigenvalue weighted by Gasteiger charge is 2.23. The van der Waals surface area contributed by atoms with Crippen LogP contribution in [0.3, 0.4) is 0 Å². The molecular formula is C16H19N3O. The van der Waals surface area contributed by atoms with E-state index in [0.29, 0.717) is 6.04 Å². The average Bonchev–Trinajstić information content (AvgIpc) is 2.45. The number of nitrogens with zero attached hydrogens (tertiary/aromatic N) is 2. The fourth-order valence-corrected chi connectivity index (χ4v) is 2.77. The van der Waals surface area contributed by atoms with Crippen LogP contribution in [0.25, 0.3) is 10.9 Å². The maximum atomic E-state index is 12.8. The van der Waals surface area contributed by atoms with Gasteiger partial charge in [0.15, 0.2) is 0 Å². The number of nitrogens with one attached hydrogen (secondary N) is 1. The first-order chi connectivity index (χ1) is 9.65. The lowest BCUT2D eigenvalue weighted by Gasteiger charge is -2.32. The molecule has 1 aromatic heterocycles. The number of amides is 1. The molecule has 104 valence electrons. The van der Waals surface area contributed by atoms with Gasteiger partial charge in [0.1, 0.15) is 0 Å². The summed E-state index contributed by atoms with van der Waals surface area (Å²) in [6.45, 7) is 6.42. The lowest BCUT2D eigenvalue weighted by atomic mass is 10.1. The number of para-hydroxylation sites is 1. The molecule has 0 radical (unpaired) electrons. The summed E-state index contributed by atoms with van der Waals surface area (Å²) in [5.74, 6) is 0.111. The molecule has 1 amide bonds. The highest BCUT2D eigenvalue weighted by Crippen LogP contribution is 2.20. The fourth-order valence-electron chi connectivity index (χ4n) is 2.77. The molecule has 0 spiro atoms. The van der Waals surface area contributed by atoms with Crippen LogP contribution >= 0.6 is 0 Å². The van der Waals surface area contributed by atoms with Gasteiger partial charge in [0.25, 0.3) is 5.91 Å². The van der Waals surface area contributed by atoms with E-state index in [1.54, 1.807) is 0 Å². The van der Waals surface area contributed by atoms with Crippen LogP contribution in [-0.2, 0) is 0 Å². The van der Waals surface area contributed by atoms with Crippen molar-refractivity contribution in [2.75, 3.05) is 19.6 Å². The summed E-state index contributed by atoms with van der Waals surface area (Å²) in [4.78, 5) is 19.2. The van der Waals surface area contributed by atoms with E-state index in [-0.39, 0.29) is 5.91 Å². The van der Waals surface area contributed by atoms with Crippen molar-refractivity contribution in [1.29, 1.82) is 0 Å². The second kappa shape index (κ2) is 5.21. The van der Waals surface area contributed by atoms with Crippen LogP contribution in [0.4, 0.5) is 0 Å². The summed E-state index contributed by atoms with van der Waals surface area (Å²) in [5, 5.41) is 4.30. The van der Waals surface area contributed by atoms with Gasteiger partial charge < -0.3 is 10.2 Å². The van der Waals surface area contributed by atoms with Crippen molar-refractivity contribution in [3.05, 3.63) is 41.6 Å². The van der Waals surface area contributed by atoms with Crippen molar-refractivity contribution >= 4 is 16.8 Å². The van der Waals surface area contributed by atoms with Crippen molar-refractivity contribution < 1.29 is 4.79 Å². The highest BCUT2D eigenvalue weighted by atomic mass is 16.2. The number of carbonyl (C=O) groups is 1. The molecule has 0 aliphatic carbocycles. The molecule has 1 fully saturated rings. The molecule has 0 saturated carbocycles. The van der Waals surface area contributed by atoms with Crippen molar-refractivity contribution in [2.24, 2.45) is 0 Å². The van der Waals surface area contributed by atoms with Crippen molar-refractivity contribution in [1.82, 2.24) is 15.2 Å². The van der Waals surface area contributed by atoms with Crippen LogP contribution in [0.5, 0.6) is 0 Å². The quantitative estimate of drug-likeness (QED) is 0.861. The number of aromatic nitrogens is 1. The molecule has 1 unspecified atom stereocenters. The van der Waals surface area contributed by atoms with E-state index in [0.717, 1.165) is 41.8 Å². The number of rotatable bonds is 1. The van der Waals surface area contributed by atoms with E-state index in [4.69, 9.17) is 0 Å². The Morgan fingerprint density at radius 2 is 2.20 bits per heavy atom. The fraction of sp³-hybridized carbons (Fsp3) is 0.375. The Bertz CT molecular complexity index is 653. The topological polar surface area (TPSA) is 45.2 Å². The minimum absolute atomic E-state index is 0.111. The number of hydrogen-bond acceptors (Lipinski definition) is 3. The second-order valence-electron chi connectivity index (χ2n) is 5.43. The Hall–Kier alpha value is -1.94. The summed E-state index contributed by atoms with van der Waals surface area (Å²) in [7, 11) is 0. The van der Waals surface area contributed by atoms with Crippen molar-refractivity contribution in [2.45, 2.75) is 19.9 Å². The van der Waals surface area contributed by atoms with Crippen molar-refractivity contribution in [3.63, 3.8) is 0 Å². The van der Waals surface area contributed by atoms with E-state index in [9.17, 15) is 4.79 Å². The number of aryl methyl sites for hydroxylation is 1. The Balaban J connectivity index is 2.02. The zero-order valence-corrected chi connectivity index (χ0v) is 11.9. The molecule has 1 aliphatic rings. The Kier molecular flexibility index (Phi) is 3.40. The zero-order valence-electron chi connectivity index (χ0n) is 11.9. The molecule has 1 N–H and O–H groups in total. The highest BCUT2D eigenvalue weighted by molar-refractivity contribution is 6.06. The first kappa shape index (κ1) is 13.1. The van der Waals surface area contributed by atoms with Gasteiger partial charge in [-0.15, -0.1) is 0 Å². The van der Waals surface area contributed by atoms with Gasteiger partial charge in [-0.05, 0) is 26.0 Å². The number of carbonyl (C=O) groups excluding carboxylic acids is 1. The molecule has 2 heterocycles. The molecule has 1 aliphatic heterocycles. The van der Waals surface area contributed by atoms with E-state index < -0.39 is 0 Å². The summed E-state index contributed by atoms with van der Waals surface area (Å²) in [5.41, 5.74) is 2.54. The molecule has 20 heavy (non-hydrogen) atoms. The van der Waals surface area contributed by atoms with Gasteiger partial charge in [0.2, 0.25) is 0 Å². The van der Waals surface area contributed by atoms with E-state index >= 15 is 0 Å². The molecule has 1 aromatic carbocycles. The third-order valence-electron chi connectivity index (χ3n) is 3.73. The van der Waals surface area contributed by atoms with Gasteiger partial charge >= 0.3 is 0 Å². The molecule has 2 aromatic rings.